The zero-order chi connectivity index (χ0) is 24.1. The summed E-state index contributed by atoms with van der Waals surface area (Å²) in [6, 6.07) is 13.4. The summed E-state index contributed by atoms with van der Waals surface area (Å²) in [7, 11) is 0. The van der Waals surface area contributed by atoms with Crippen molar-refractivity contribution in [2.24, 2.45) is 5.92 Å². The standard InChI is InChI=1S/C27H32N4O3/c1-17-25(31-27(33)21-6-9-24(10-7-21)34-16-20-4-5-20)11-8-22-14-23(15-30-26(17)22)18(2)28-12-13-29-19(3)32/h6-11,14-15,18,20,28H,4-5,12-13,16H2,1-3H3,(H,29,32)(H,31,33)/t18-/m0/s1. The van der Waals surface area contributed by atoms with Gasteiger partial charge in [0.15, 0.2) is 0 Å². The van der Waals surface area contributed by atoms with Gasteiger partial charge in [0.1, 0.15) is 5.75 Å². The highest BCUT2D eigenvalue weighted by Gasteiger charge is 2.22. The van der Waals surface area contributed by atoms with Crippen LogP contribution in [-0.4, -0.2) is 36.5 Å². The number of hydrogen-bond donors (Lipinski definition) is 3. The van der Waals surface area contributed by atoms with Crippen LogP contribution in [0.15, 0.2) is 48.7 Å². The minimum Gasteiger partial charge on any atom is -0.493 e. The first kappa shape index (κ1) is 23.7. The Balaban J connectivity index is 1.39. The zero-order valence-electron chi connectivity index (χ0n) is 20.0. The Labute approximate surface area is 200 Å². The van der Waals surface area contributed by atoms with Crippen LogP contribution in [0.25, 0.3) is 10.9 Å². The molecule has 1 saturated carbocycles. The number of pyridine rings is 1. The van der Waals surface area contributed by atoms with E-state index >= 15 is 0 Å². The van der Waals surface area contributed by atoms with E-state index in [1.807, 2.05) is 37.4 Å². The molecule has 4 rings (SSSR count). The molecule has 2 aromatic carbocycles. The number of hydrogen-bond acceptors (Lipinski definition) is 5. The third-order valence-corrected chi connectivity index (χ3v) is 6.12. The Kier molecular flexibility index (Phi) is 7.43. The van der Waals surface area contributed by atoms with Gasteiger partial charge in [-0.2, -0.15) is 0 Å². The summed E-state index contributed by atoms with van der Waals surface area (Å²) in [6.07, 6.45) is 4.35. The molecular formula is C27H32N4O3. The SMILES string of the molecule is CC(=O)NCCN[C@@H](C)c1cnc2c(C)c(NC(=O)c3ccc(OCC4CC4)cc3)ccc2c1. The Hall–Kier alpha value is -3.45. The number of benzene rings is 2. The molecule has 0 spiro atoms. The predicted molar refractivity (Wildman–Crippen MR) is 134 cm³/mol. The topological polar surface area (TPSA) is 92.4 Å². The summed E-state index contributed by atoms with van der Waals surface area (Å²) < 4.78 is 5.75. The van der Waals surface area contributed by atoms with Gasteiger partial charge in [0.05, 0.1) is 12.1 Å². The average molecular weight is 461 g/mol. The molecule has 1 aliphatic carbocycles. The number of nitrogens with one attached hydrogen (secondary N) is 3. The molecule has 34 heavy (non-hydrogen) atoms. The Morgan fingerprint density at radius 1 is 1.12 bits per heavy atom. The number of carbonyl (C=O) groups excluding carboxylic acids is 2. The summed E-state index contributed by atoms with van der Waals surface area (Å²) in [4.78, 5) is 28.5. The molecule has 7 heteroatoms. The van der Waals surface area contributed by atoms with Crippen LogP contribution in [0.3, 0.4) is 0 Å². The van der Waals surface area contributed by atoms with Crippen LogP contribution in [-0.2, 0) is 4.79 Å². The first-order valence-corrected chi connectivity index (χ1v) is 11.8. The van der Waals surface area contributed by atoms with Gasteiger partial charge < -0.3 is 20.7 Å². The molecule has 0 radical (unpaired) electrons. The zero-order valence-corrected chi connectivity index (χ0v) is 20.0. The molecule has 0 unspecified atom stereocenters. The summed E-state index contributed by atoms with van der Waals surface area (Å²) in [5.74, 6) is 1.29. The lowest BCUT2D eigenvalue weighted by atomic mass is 10.0. The second-order valence-corrected chi connectivity index (χ2v) is 8.97. The van der Waals surface area contributed by atoms with E-state index in [4.69, 9.17) is 4.74 Å². The van der Waals surface area contributed by atoms with Crippen molar-refractivity contribution >= 4 is 28.4 Å². The highest BCUT2D eigenvalue weighted by atomic mass is 16.5. The molecule has 0 saturated heterocycles. The van der Waals surface area contributed by atoms with E-state index in [-0.39, 0.29) is 17.9 Å². The van der Waals surface area contributed by atoms with E-state index in [2.05, 4.69) is 33.9 Å². The van der Waals surface area contributed by atoms with Gasteiger partial charge in [0.2, 0.25) is 5.91 Å². The number of nitrogens with zero attached hydrogens (tertiary/aromatic N) is 1. The first-order valence-electron chi connectivity index (χ1n) is 11.8. The molecule has 3 N–H and O–H groups in total. The number of aryl methyl sites for hydroxylation is 1. The lowest BCUT2D eigenvalue weighted by molar-refractivity contribution is -0.118. The Bertz CT molecular complexity index is 1170. The lowest BCUT2D eigenvalue weighted by Crippen LogP contribution is -2.31. The van der Waals surface area contributed by atoms with Crippen molar-refractivity contribution in [2.45, 2.75) is 39.7 Å². The molecule has 1 atom stereocenters. The van der Waals surface area contributed by atoms with Gasteiger partial charge in [-0.15, -0.1) is 0 Å². The molecular weight excluding hydrogens is 428 g/mol. The van der Waals surface area contributed by atoms with E-state index in [9.17, 15) is 9.59 Å². The quantitative estimate of drug-likeness (QED) is 0.391. The summed E-state index contributed by atoms with van der Waals surface area (Å²) in [5, 5.41) is 10.2. The second kappa shape index (κ2) is 10.7. The van der Waals surface area contributed by atoms with Crippen molar-refractivity contribution < 1.29 is 14.3 Å². The summed E-state index contributed by atoms with van der Waals surface area (Å²) in [5.41, 5.74) is 4.17. The minimum absolute atomic E-state index is 0.0323. The van der Waals surface area contributed by atoms with E-state index in [1.165, 1.54) is 19.8 Å². The van der Waals surface area contributed by atoms with E-state index in [0.717, 1.165) is 40.1 Å². The first-order chi connectivity index (χ1) is 16.4. The summed E-state index contributed by atoms with van der Waals surface area (Å²) in [6.45, 7) is 7.56. The maximum absolute atomic E-state index is 12.8. The number of rotatable bonds is 10. The molecule has 1 aliphatic rings. The summed E-state index contributed by atoms with van der Waals surface area (Å²) >= 11 is 0. The molecule has 0 aliphatic heterocycles. The van der Waals surface area contributed by atoms with Crippen LogP contribution in [0.1, 0.15) is 54.2 Å². The van der Waals surface area contributed by atoms with Gasteiger partial charge in [0.25, 0.3) is 5.91 Å². The fraction of sp³-hybridized carbons (Fsp3) is 0.370. The van der Waals surface area contributed by atoms with Gasteiger partial charge in [0, 0.05) is 48.9 Å². The predicted octanol–water partition coefficient (Wildman–Crippen LogP) is 4.37. The monoisotopic (exact) mass is 460 g/mol. The smallest absolute Gasteiger partial charge is 0.255 e. The van der Waals surface area contributed by atoms with Crippen molar-refractivity contribution in [1.82, 2.24) is 15.6 Å². The molecule has 3 aromatic rings. The van der Waals surface area contributed by atoms with Gasteiger partial charge >= 0.3 is 0 Å². The number of amides is 2. The fourth-order valence-corrected chi connectivity index (χ4v) is 3.78. The second-order valence-electron chi connectivity index (χ2n) is 8.97. The fourth-order valence-electron chi connectivity index (χ4n) is 3.78. The molecule has 0 bridgehead atoms. The van der Waals surface area contributed by atoms with Gasteiger partial charge in [-0.1, -0.05) is 6.07 Å². The number of fused-ring (bicyclic) bond motifs is 1. The highest BCUT2D eigenvalue weighted by Crippen LogP contribution is 2.30. The molecule has 2 amide bonds. The largest absolute Gasteiger partial charge is 0.493 e. The average Bonchev–Trinajstić information content (AvgIpc) is 3.67. The molecule has 7 nitrogen and oxygen atoms in total. The lowest BCUT2D eigenvalue weighted by Gasteiger charge is -2.16. The van der Waals surface area contributed by atoms with Crippen LogP contribution in [0.2, 0.25) is 0 Å². The molecule has 1 aromatic heterocycles. The van der Waals surface area contributed by atoms with E-state index < -0.39 is 0 Å². The van der Waals surface area contributed by atoms with Crippen molar-refractivity contribution in [1.29, 1.82) is 0 Å². The van der Waals surface area contributed by atoms with Crippen LogP contribution in [0.5, 0.6) is 5.75 Å². The van der Waals surface area contributed by atoms with Crippen molar-refractivity contribution in [3.63, 3.8) is 0 Å². The Morgan fingerprint density at radius 3 is 2.59 bits per heavy atom. The normalized spacial score (nSPS) is 14.0. The Morgan fingerprint density at radius 2 is 1.88 bits per heavy atom. The van der Waals surface area contributed by atoms with Crippen LogP contribution in [0.4, 0.5) is 5.69 Å². The third-order valence-electron chi connectivity index (χ3n) is 6.12. The van der Waals surface area contributed by atoms with Crippen LogP contribution >= 0.6 is 0 Å². The van der Waals surface area contributed by atoms with Gasteiger partial charge in [-0.05, 0) is 80.1 Å². The van der Waals surface area contributed by atoms with Crippen LogP contribution in [0, 0.1) is 12.8 Å². The number of ether oxygens (including phenoxy) is 1. The molecule has 1 fully saturated rings. The van der Waals surface area contributed by atoms with Gasteiger partial charge in [-0.25, -0.2) is 0 Å². The van der Waals surface area contributed by atoms with Crippen molar-refractivity contribution in [3.8, 4) is 5.75 Å². The van der Waals surface area contributed by atoms with E-state index in [1.54, 1.807) is 12.1 Å². The number of carbonyl (C=O) groups is 2. The maximum atomic E-state index is 12.8. The van der Waals surface area contributed by atoms with Crippen molar-refractivity contribution in [2.75, 3.05) is 25.0 Å². The highest BCUT2D eigenvalue weighted by molar-refractivity contribution is 6.06. The van der Waals surface area contributed by atoms with Crippen LogP contribution < -0.4 is 20.7 Å². The van der Waals surface area contributed by atoms with Crippen molar-refractivity contribution in [3.05, 3.63) is 65.4 Å². The number of aromatic nitrogens is 1. The van der Waals surface area contributed by atoms with Gasteiger partial charge in [-0.3, -0.25) is 14.6 Å². The van der Waals surface area contributed by atoms with E-state index in [0.29, 0.717) is 24.6 Å². The maximum Gasteiger partial charge on any atom is 0.255 e. The third kappa shape index (κ3) is 6.11. The minimum atomic E-state index is -0.162. The molecule has 178 valence electrons. The number of anilines is 1. The molecule has 1 heterocycles.